The van der Waals surface area contributed by atoms with Gasteiger partial charge in [-0.2, -0.15) is 0 Å². The largest absolute Gasteiger partial charge is 0.496 e. The van der Waals surface area contributed by atoms with Crippen molar-refractivity contribution in [3.8, 4) is 5.75 Å². The van der Waals surface area contributed by atoms with Crippen molar-refractivity contribution in [2.45, 2.75) is 32.9 Å². The third kappa shape index (κ3) is 4.34. The molecular formula is C24H30FN3O3+2. The molecule has 0 bridgehead atoms. The quantitative estimate of drug-likeness (QED) is 0.664. The first-order valence-electron chi connectivity index (χ1n) is 10.8. The highest BCUT2D eigenvalue weighted by atomic mass is 19.1. The fourth-order valence-electron chi connectivity index (χ4n) is 4.86. The minimum absolute atomic E-state index is 0.0952. The standard InChI is InChI=1S/C24H28FN3O3/c1-16-4-6-20(17(2)12-16)28-23(29)14-21(24(28)30)27-10-8-26(9-11-27)15-18-13-19(25)5-7-22(18)31-3/h4-7,12-13,21H,8-11,14-15H2,1-3H3/p+2/t21-/m0/s1. The van der Waals surface area contributed by atoms with Gasteiger partial charge in [0.1, 0.15) is 44.3 Å². The maximum absolute atomic E-state index is 13.7. The zero-order valence-corrected chi connectivity index (χ0v) is 18.3. The van der Waals surface area contributed by atoms with Gasteiger partial charge in [0.25, 0.3) is 5.91 Å². The highest BCUT2D eigenvalue weighted by molar-refractivity contribution is 6.22. The number of nitrogens with one attached hydrogen (secondary N) is 2. The molecule has 0 spiro atoms. The predicted molar refractivity (Wildman–Crippen MR) is 115 cm³/mol. The van der Waals surface area contributed by atoms with E-state index in [9.17, 15) is 14.0 Å². The van der Waals surface area contributed by atoms with Crippen LogP contribution in [-0.2, 0) is 16.1 Å². The van der Waals surface area contributed by atoms with E-state index in [1.165, 1.54) is 26.8 Å². The van der Waals surface area contributed by atoms with Gasteiger partial charge in [-0.3, -0.25) is 9.59 Å². The monoisotopic (exact) mass is 427 g/mol. The number of hydrogen-bond acceptors (Lipinski definition) is 3. The molecule has 2 N–H and O–H groups in total. The maximum atomic E-state index is 13.7. The summed E-state index contributed by atoms with van der Waals surface area (Å²) < 4.78 is 19.0. The van der Waals surface area contributed by atoms with Crippen molar-refractivity contribution in [2.75, 3.05) is 38.2 Å². The number of halogens is 1. The molecule has 2 saturated heterocycles. The summed E-state index contributed by atoms with van der Waals surface area (Å²) in [7, 11) is 1.60. The first-order valence-corrected chi connectivity index (χ1v) is 10.8. The van der Waals surface area contributed by atoms with Gasteiger partial charge in [0.05, 0.1) is 24.8 Å². The summed E-state index contributed by atoms with van der Waals surface area (Å²) in [5.74, 6) is 0.223. The van der Waals surface area contributed by atoms with E-state index in [4.69, 9.17) is 4.74 Å². The van der Waals surface area contributed by atoms with Crippen LogP contribution in [0.15, 0.2) is 36.4 Å². The average molecular weight is 428 g/mol. The van der Waals surface area contributed by atoms with Gasteiger partial charge in [-0.25, -0.2) is 9.29 Å². The third-order valence-electron chi connectivity index (χ3n) is 6.51. The molecule has 0 unspecified atom stereocenters. The second kappa shape index (κ2) is 8.77. The Labute approximate surface area is 182 Å². The first-order chi connectivity index (χ1) is 14.9. The van der Waals surface area contributed by atoms with Crippen LogP contribution in [-0.4, -0.2) is 51.1 Å². The smallest absolute Gasteiger partial charge is 0.292 e. The molecule has 6 nitrogen and oxygen atoms in total. The van der Waals surface area contributed by atoms with E-state index < -0.39 is 0 Å². The fourth-order valence-corrected chi connectivity index (χ4v) is 4.86. The molecule has 7 heteroatoms. The highest BCUT2D eigenvalue weighted by Gasteiger charge is 2.47. The van der Waals surface area contributed by atoms with Crippen molar-refractivity contribution in [1.82, 2.24) is 0 Å². The van der Waals surface area contributed by atoms with Crippen molar-refractivity contribution in [3.05, 3.63) is 58.9 Å². The molecule has 2 amide bonds. The van der Waals surface area contributed by atoms with Crippen molar-refractivity contribution in [1.29, 1.82) is 0 Å². The molecule has 2 aromatic carbocycles. The van der Waals surface area contributed by atoms with Crippen molar-refractivity contribution < 1.29 is 28.5 Å². The van der Waals surface area contributed by atoms with Gasteiger partial charge in [-0.05, 0) is 43.7 Å². The molecule has 31 heavy (non-hydrogen) atoms. The summed E-state index contributed by atoms with van der Waals surface area (Å²) in [6, 6.07) is 10.1. The molecule has 0 saturated carbocycles. The minimum atomic E-state index is -0.321. The number of nitrogens with zero attached hydrogens (tertiary/aromatic N) is 1. The molecule has 2 aliphatic rings. The van der Waals surface area contributed by atoms with Crippen LogP contribution >= 0.6 is 0 Å². The van der Waals surface area contributed by atoms with Gasteiger partial charge in [-0.1, -0.05) is 17.7 Å². The van der Waals surface area contributed by atoms with Crippen LogP contribution in [0.5, 0.6) is 5.75 Å². The molecule has 0 aromatic heterocycles. The molecule has 2 aromatic rings. The van der Waals surface area contributed by atoms with Crippen LogP contribution in [0.3, 0.4) is 0 Å². The number of benzene rings is 2. The normalized spacial score (nSPS) is 24.0. The van der Waals surface area contributed by atoms with Gasteiger partial charge >= 0.3 is 0 Å². The Bertz CT molecular complexity index is 1000. The Balaban J connectivity index is 1.41. The number of ether oxygens (including phenoxy) is 1. The second-order valence-corrected chi connectivity index (χ2v) is 8.66. The van der Waals surface area contributed by atoms with Crippen LogP contribution in [0, 0.1) is 19.7 Å². The fraction of sp³-hybridized carbons (Fsp3) is 0.417. The number of carbonyl (C=O) groups is 2. The number of imide groups is 1. The Hall–Kier alpha value is -2.77. The predicted octanol–water partition coefficient (Wildman–Crippen LogP) is 0.0666. The van der Waals surface area contributed by atoms with Crippen LogP contribution in [0.4, 0.5) is 10.1 Å². The van der Waals surface area contributed by atoms with Crippen LogP contribution in [0.2, 0.25) is 0 Å². The van der Waals surface area contributed by atoms with E-state index in [0.717, 1.165) is 42.9 Å². The Kier molecular flexibility index (Phi) is 6.07. The number of carbonyl (C=O) groups excluding carboxylic acids is 2. The lowest BCUT2D eigenvalue weighted by Crippen LogP contribution is -3.29. The van der Waals surface area contributed by atoms with Gasteiger partial charge < -0.3 is 14.5 Å². The van der Waals surface area contributed by atoms with Gasteiger partial charge in [-0.15, -0.1) is 0 Å². The van der Waals surface area contributed by atoms with Crippen LogP contribution in [0.1, 0.15) is 23.1 Å². The first kappa shape index (κ1) is 21.5. The second-order valence-electron chi connectivity index (χ2n) is 8.66. The Morgan fingerprint density at radius 2 is 1.81 bits per heavy atom. The number of methoxy groups -OCH3 is 1. The molecule has 1 atom stereocenters. The Morgan fingerprint density at radius 1 is 1.06 bits per heavy atom. The average Bonchev–Trinajstić information content (AvgIpc) is 3.03. The number of anilines is 1. The molecule has 0 radical (unpaired) electrons. The summed E-state index contributed by atoms with van der Waals surface area (Å²) in [5, 5.41) is 0. The molecule has 2 aliphatic heterocycles. The van der Waals surface area contributed by atoms with E-state index in [-0.39, 0.29) is 30.1 Å². The number of aryl methyl sites for hydroxylation is 2. The summed E-state index contributed by atoms with van der Waals surface area (Å²) in [6.07, 6.45) is 0.258. The van der Waals surface area contributed by atoms with E-state index in [1.54, 1.807) is 13.2 Å². The Morgan fingerprint density at radius 3 is 2.48 bits per heavy atom. The van der Waals surface area contributed by atoms with Gasteiger partial charge in [0.2, 0.25) is 5.91 Å². The topological polar surface area (TPSA) is 55.5 Å². The summed E-state index contributed by atoms with van der Waals surface area (Å²) in [6.45, 7) is 7.94. The van der Waals surface area contributed by atoms with Crippen molar-refractivity contribution in [3.63, 3.8) is 0 Å². The number of piperazine rings is 1. The molecule has 0 aliphatic carbocycles. The van der Waals surface area contributed by atoms with Crippen LogP contribution in [0.25, 0.3) is 0 Å². The summed E-state index contributed by atoms with van der Waals surface area (Å²) >= 11 is 0. The molecule has 2 fully saturated rings. The van der Waals surface area contributed by atoms with Crippen molar-refractivity contribution in [2.24, 2.45) is 0 Å². The van der Waals surface area contributed by atoms with Crippen LogP contribution < -0.4 is 19.4 Å². The van der Waals surface area contributed by atoms with Gasteiger partial charge in [0, 0.05) is 0 Å². The highest BCUT2D eigenvalue weighted by Crippen LogP contribution is 2.26. The molecule has 2 heterocycles. The lowest BCUT2D eigenvalue weighted by molar-refractivity contribution is -1.02. The SMILES string of the molecule is COc1ccc(F)cc1C[NH+]1CC[NH+]([C@H]2CC(=O)N(c3ccc(C)cc3C)C2=O)CC1. The number of hydrogen-bond donors (Lipinski definition) is 2. The number of quaternary nitrogens is 2. The number of amides is 2. The van der Waals surface area contributed by atoms with Gasteiger partial charge in [0.15, 0.2) is 6.04 Å². The zero-order valence-electron chi connectivity index (χ0n) is 18.3. The summed E-state index contributed by atoms with van der Waals surface area (Å²) in [5.41, 5.74) is 3.60. The van der Waals surface area contributed by atoms with E-state index in [1.807, 2.05) is 32.0 Å². The lowest BCUT2D eigenvalue weighted by atomic mass is 10.1. The van der Waals surface area contributed by atoms with Crippen molar-refractivity contribution >= 4 is 17.5 Å². The van der Waals surface area contributed by atoms with E-state index in [2.05, 4.69) is 0 Å². The maximum Gasteiger partial charge on any atom is 0.292 e. The van der Waals surface area contributed by atoms with E-state index in [0.29, 0.717) is 18.0 Å². The zero-order chi connectivity index (χ0) is 22.1. The van der Waals surface area contributed by atoms with E-state index >= 15 is 0 Å². The number of rotatable bonds is 5. The molecule has 4 rings (SSSR count). The molecular weight excluding hydrogens is 397 g/mol. The minimum Gasteiger partial charge on any atom is -0.496 e. The lowest BCUT2D eigenvalue weighted by Gasteiger charge is -2.32. The molecule has 164 valence electrons. The summed E-state index contributed by atoms with van der Waals surface area (Å²) in [4.78, 5) is 29.8. The third-order valence-corrected chi connectivity index (χ3v) is 6.51.